The Kier molecular flexibility index (Phi) is 59.3. The van der Waals surface area contributed by atoms with Crippen LogP contribution in [0.1, 0.15) is 367 Å². The van der Waals surface area contributed by atoms with Crippen LogP contribution in [0.2, 0.25) is 0 Å². The Labute approximate surface area is 518 Å². The van der Waals surface area contributed by atoms with Crippen LogP contribution in [0.4, 0.5) is 0 Å². The minimum absolute atomic E-state index is 0.258. The van der Waals surface area contributed by atoms with Gasteiger partial charge in [0.2, 0.25) is 5.91 Å². The van der Waals surface area contributed by atoms with Crippen LogP contribution in [-0.4, -0.2) is 110 Å². The summed E-state index contributed by atoms with van der Waals surface area (Å²) in [6.07, 6.45) is 67.0. The molecule has 1 fully saturated rings. The van der Waals surface area contributed by atoms with Crippen molar-refractivity contribution < 1.29 is 50.0 Å². The van der Waals surface area contributed by atoms with Gasteiger partial charge in [-0.25, -0.2) is 0 Å². The number of unbranched alkanes of at least 4 members (excludes halogenated alkanes) is 49. The van der Waals surface area contributed by atoms with Gasteiger partial charge in [0.1, 0.15) is 36.6 Å². The largest absolute Gasteiger partial charge is 0.394 e. The van der Waals surface area contributed by atoms with E-state index in [1.807, 2.05) is 0 Å². The third-order valence-electron chi connectivity index (χ3n) is 18.0. The van der Waals surface area contributed by atoms with Crippen molar-refractivity contribution in [2.45, 2.75) is 422 Å². The number of hydrogen-bond donors (Lipinski definition) is 8. The minimum Gasteiger partial charge on any atom is -0.394 e. The topological polar surface area (TPSA) is 189 Å². The molecule has 1 aliphatic heterocycles. The molecular formula is C73H141NO10. The van der Waals surface area contributed by atoms with E-state index < -0.39 is 74.2 Å². The molecule has 1 saturated heterocycles. The maximum absolute atomic E-state index is 13.3. The number of aliphatic hydroxyl groups is 7. The summed E-state index contributed by atoms with van der Waals surface area (Å²) in [6, 6.07) is -1.18. The van der Waals surface area contributed by atoms with Gasteiger partial charge >= 0.3 is 0 Å². The SMILES string of the molecule is CCCCCCCCCCCCCC/C=C\CCCCCCCCCCCCCCCCCCC(O)C(=O)NC(COC1OC(CO)C(O)C(O)C1O)C(O)C(O)CCC/C=C/CCCCCCCCCCCCCCCCCCCCCC. The van der Waals surface area contributed by atoms with Crippen molar-refractivity contribution in [2.75, 3.05) is 13.2 Å². The molecule has 0 aromatic heterocycles. The van der Waals surface area contributed by atoms with E-state index in [-0.39, 0.29) is 12.8 Å². The van der Waals surface area contributed by atoms with Gasteiger partial charge < -0.3 is 50.5 Å². The molecule has 8 N–H and O–H groups in total. The molecule has 1 amide bonds. The Morgan fingerprint density at radius 3 is 1.02 bits per heavy atom. The van der Waals surface area contributed by atoms with Crippen molar-refractivity contribution in [1.29, 1.82) is 0 Å². The van der Waals surface area contributed by atoms with Crippen LogP contribution >= 0.6 is 0 Å². The molecule has 1 rings (SSSR count). The third kappa shape index (κ3) is 48.5. The zero-order valence-corrected chi connectivity index (χ0v) is 55.2. The van der Waals surface area contributed by atoms with Crippen LogP contribution in [-0.2, 0) is 14.3 Å². The third-order valence-corrected chi connectivity index (χ3v) is 18.0. The number of nitrogens with one attached hydrogen (secondary N) is 1. The zero-order valence-electron chi connectivity index (χ0n) is 55.2. The van der Waals surface area contributed by atoms with Gasteiger partial charge in [0, 0.05) is 0 Å². The quantitative estimate of drug-likeness (QED) is 0.0215. The molecule has 0 saturated carbocycles. The van der Waals surface area contributed by atoms with E-state index >= 15 is 0 Å². The fourth-order valence-corrected chi connectivity index (χ4v) is 12.1. The predicted molar refractivity (Wildman–Crippen MR) is 353 cm³/mol. The second kappa shape index (κ2) is 61.8. The molecule has 1 heterocycles. The van der Waals surface area contributed by atoms with Crippen LogP contribution in [0.15, 0.2) is 24.3 Å². The number of carbonyl (C=O) groups is 1. The van der Waals surface area contributed by atoms with Gasteiger partial charge in [-0.1, -0.05) is 327 Å². The van der Waals surface area contributed by atoms with Crippen LogP contribution in [0.3, 0.4) is 0 Å². The molecule has 0 bridgehead atoms. The van der Waals surface area contributed by atoms with E-state index in [0.717, 1.165) is 38.5 Å². The van der Waals surface area contributed by atoms with Gasteiger partial charge in [-0.15, -0.1) is 0 Å². The maximum Gasteiger partial charge on any atom is 0.249 e. The number of aliphatic hydroxyl groups excluding tert-OH is 7. The first-order valence-corrected chi connectivity index (χ1v) is 36.7. The lowest BCUT2D eigenvalue weighted by atomic mass is 9.98. The highest BCUT2D eigenvalue weighted by Crippen LogP contribution is 2.24. The molecular weight excluding hydrogens is 1050 g/mol. The molecule has 11 heteroatoms. The van der Waals surface area contributed by atoms with Crippen molar-refractivity contribution in [1.82, 2.24) is 5.32 Å². The Balaban J connectivity index is 2.18. The van der Waals surface area contributed by atoms with Crippen LogP contribution in [0, 0.1) is 0 Å². The number of rotatable bonds is 65. The minimum atomic E-state index is -1.67. The molecule has 84 heavy (non-hydrogen) atoms. The Bertz CT molecular complexity index is 1420. The molecule has 0 radical (unpaired) electrons. The van der Waals surface area contributed by atoms with E-state index in [1.54, 1.807) is 0 Å². The predicted octanol–water partition coefficient (Wildman–Crippen LogP) is 18.0. The lowest BCUT2D eigenvalue weighted by molar-refractivity contribution is -0.303. The van der Waals surface area contributed by atoms with E-state index in [1.165, 1.54) is 289 Å². The molecule has 0 aromatic carbocycles. The number of allylic oxidation sites excluding steroid dienone is 4. The molecule has 0 aromatic rings. The van der Waals surface area contributed by atoms with Crippen molar-refractivity contribution in [3.8, 4) is 0 Å². The normalized spacial score (nSPS) is 19.0. The highest BCUT2D eigenvalue weighted by atomic mass is 16.7. The Morgan fingerprint density at radius 1 is 0.405 bits per heavy atom. The van der Waals surface area contributed by atoms with E-state index in [9.17, 15) is 40.5 Å². The lowest BCUT2D eigenvalue weighted by Crippen LogP contribution is -2.60. The maximum atomic E-state index is 13.3. The first-order chi connectivity index (χ1) is 41.2. The average molecular weight is 1190 g/mol. The fourth-order valence-electron chi connectivity index (χ4n) is 12.1. The Hall–Kier alpha value is -1.41. The molecule has 9 unspecified atom stereocenters. The molecule has 498 valence electrons. The summed E-state index contributed by atoms with van der Waals surface area (Å²) in [5, 5.41) is 76.5. The monoisotopic (exact) mass is 1190 g/mol. The number of amides is 1. The smallest absolute Gasteiger partial charge is 0.249 e. The summed E-state index contributed by atoms with van der Waals surface area (Å²) in [6.45, 7) is 3.51. The standard InChI is InChI=1S/C73H141NO10/c1-3-5-7-9-11-13-15-17-19-21-23-25-27-29-30-31-32-33-34-35-37-39-41-43-45-47-49-51-53-55-57-59-61-66(77)72(82)74-64(63-83-73-71(81)70(80)69(79)67(62-75)84-73)68(78)65(76)60-58-56-54-52-50-48-46-44-42-40-38-36-28-26-24-22-20-18-16-14-12-10-8-6-4-2/h29-30,52,54,64-71,73,75-81H,3-28,31-51,53,55-63H2,1-2H3,(H,74,82)/b30-29-,54-52+. The fraction of sp³-hybridized carbons (Fsp3) is 0.932. The van der Waals surface area contributed by atoms with Crippen molar-refractivity contribution in [2.24, 2.45) is 0 Å². The van der Waals surface area contributed by atoms with Gasteiger partial charge in [-0.05, 0) is 64.2 Å². The highest BCUT2D eigenvalue weighted by molar-refractivity contribution is 5.80. The summed E-state index contributed by atoms with van der Waals surface area (Å²) >= 11 is 0. The summed E-state index contributed by atoms with van der Waals surface area (Å²) in [5.74, 6) is -0.699. The lowest BCUT2D eigenvalue weighted by Gasteiger charge is -2.40. The second-order valence-electron chi connectivity index (χ2n) is 26.0. The van der Waals surface area contributed by atoms with Gasteiger partial charge in [0.25, 0.3) is 0 Å². The highest BCUT2D eigenvalue weighted by Gasteiger charge is 2.44. The van der Waals surface area contributed by atoms with Crippen molar-refractivity contribution in [3.63, 3.8) is 0 Å². The van der Waals surface area contributed by atoms with E-state index in [2.05, 4.69) is 43.5 Å². The summed E-state index contributed by atoms with van der Waals surface area (Å²) in [7, 11) is 0. The van der Waals surface area contributed by atoms with Crippen molar-refractivity contribution in [3.05, 3.63) is 24.3 Å². The second-order valence-corrected chi connectivity index (χ2v) is 26.0. The number of ether oxygens (including phenoxy) is 2. The molecule has 0 spiro atoms. The summed E-state index contributed by atoms with van der Waals surface area (Å²) in [4.78, 5) is 13.3. The van der Waals surface area contributed by atoms with Gasteiger partial charge in [-0.2, -0.15) is 0 Å². The van der Waals surface area contributed by atoms with Crippen LogP contribution in [0.25, 0.3) is 0 Å². The van der Waals surface area contributed by atoms with E-state index in [4.69, 9.17) is 9.47 Å². The first-order valence-electron chi connectivity index (χ1n) is 36.7. The molecule has 1 aliphatic rings. The van der Waals surface area contributed by atoms with E-state index in [0.29, 0.717) is 12.8 Å². The molecule has 0 aliphatic carbocycles. The number of hydrogen-bond acceptors (Lipinski definition) is 10. The van der Waals surface area contributed by atoms with Gasteiger partial charge in [0.15, 0.2) is 6.29 Å². The van der Waals surface area contributed by atoms with Gasteiger partial charge in [0.05, 0.1) is 25.4 Å². The summed E-state index contributed by atoms with van der Waals surface area (Å²) in [5.41, 5.74) is 0. The molecule has 11 nitrogen and oxygen atoms in total. The van der Waals surface area contributed by atoms with Gasteiger partial charge in [-0.3, -0.25) is 4.79 Å². The number of carbonyl (C=O) groups excluding carboxylic acids is 1. The van der Waals surface area contributed by atoms with Crippen molar-refractivity contribution >= 4 is 5.91 Å². The van der Waals surface area contributed by atoms with Crippen LogP contribution in [0.5, 0.6) is 0 Å². The zero-order chi connectivity index (χ0) is 61.0. The molecule has 9 atom stereocenters. The average Bonchev–Trinajstić information content (AvgIpc) is 3.69. The Morgan fingerprint density at radius 2 is 0.702 bits per heavy atom. The summed E-state index contributed by atoms with van der Waals surface area (Å²) < 4.78 is 11.2. The first kappa shape index (κ1) is 80.6. The van der Waals surface area contributed by atoms with Crippen LogP contribution < -0.4 is 5.32 Å².